The van der Waals surface area contributed by atoms with Crippen LogP contribution in [0.25, 0.3) is 5.69 Å². The minimum absolute atomic E-state index is 0.133. The smallest absolute Gasteiger partial charge is 0.310 e. The fraction of sp³-hybridized carbons (Fsp3) is 0.227. The van der Waals surface area contributed by atoms with Crippen LogP contribution in [0.4, 0.5) is 5.82 Å². The lowest BCUT2D eigenvalue weighted by Gasteiger charge is -2.10. The summed E-state index contributed by atoms with van der Waals surface area (Å²) in [5.74, 6) is -0.325. The van der Waals surface area contributed by atoms with Crippen LogP contribution < -0.4 is 5.32 Å². The first-order chi connectivity index (χ1) is 13.4. The SMILES string of the molecule is Cc1ccc(CC(=O)OCC(=O)Nc2cc(C)nn2-c2ccc(C)cc2)cc1. The molecule has 0 aliphatic heterocycles. The largest absolute Gasteiger partial charge is 0.455 e. The molecule has 3 aromatic rings. The molecule has 2 aromatic carbocycles. The van der Waals surface area contributed by atoms with Crippen LogP contribution in [0.15, 0.2) is 54.6 Å². The predicted molar refractivity (Wildman–Crippen MR) is 108 cm³/mol. The molecule has 0 aliphatic carbocycles. The number of rotatable bonds is 6. The van der Waals surface area contributed by atoms with Crippen LogP contribution in [0.2, 0.25) is 0 Å². The van der Waals surface area contributed by atoms with E-state index >= 15 is 0 Å². The minimum atomic E-state index is -0.442. The van der Waals surface area contributed by atoms with E-state index in [-0.39, 0.29) is 13.0 Å². The predicted octanol–water partition coefficient (Wildman–Crippen LogP) is 3.52. The third-order valence-corrected chi connectivity index (χ3v) is 4.21. The Morgan fingerprint density at radius 1 is 0.964 bits per heavy atom. The van der Waals surface area contributed by atoms with Crippen molar-refractivity contribution in [2.75, 3.05) is 11.9 Å². The number of esters is 1. The number of nitrogens with one attached hydrogen (secondary N) is 1. The molecule has 0 atom stereocenters. The van der Waals surface area contributed by atoms with E-state index in [9.17, 15) is 9.59 Å². The highest BCUT2D eigenvalue weighted by atomic mass is 16.5. The number of amides is 1. The number of aryl methyl sites for hydroxylation is 3. The van der Waals surface area contributed by atoms with Crippen LogP contribution in [-0.4, -0.2) is 28.3 Å². The summed E-state index contributed by atoms with van der Waals surface area (Å²) in [5, 5.41) is 7.17. The van der Waals surface area contributed by atoms with Crippen LogP contribution in [0.5, 0.6) is 0 Å². The summed E-state index contributed by atoms with van der Waals surface area (Å²) in [6.45, 7) is 5.49. The zero-order valence-corrected chi connectivity index (χ0v) is 16.2. The topological polar surface area (TPSA) is 73.2 Å². The lowest BCUT2D eigenvalue weighted by Crippen LogP contribution is -2.23. The zero-order chi connectivity index (χ0) is 20.1. The third kappa shape index (κ3) is 5.07. The van der Waals surface area contributed by atoms with Crippen LogP contribution in [0.1, 0.15) is 22.4 Å². The number of carbonyl (C=O) groups is 2. The van der Waals surface area contributed by atoms with Gasteiger partial charge in [0.05, 0.1) is 17.8 Å². The normalized spacial score (nSPS) is 10.5. The Balaban J connectivity index is 1.58. The summed E-state index contributed by atoms with van der Waals surface area (Å²) < 4.78 is 6.75. The molecule has 0 fully saturated rings. The molecule has 1 N–H and O–H groups in total. The molecule has 0 aliphatic rings. The molecule has 28 heavy (non-hydrogen) atoms. The lowest BCUT2D eigenvalue weighted by molar-refractivity contribution is -0.146. The monoisotopic (exact) mass is 377 g/mol. The summed E-state index contributed by atoms with van der Waals surface area (Å²) >= 11 is 0. The lowest BCUT2D eigenvalue weighted by atomic mass is 10.1. The summed E-state index contributed by atoms with van der Waals surface area (Å²) in [4.78, 5) is 24.2. The van der Waals surface area contributed by atoms with Gasteiger partial charge >= 0.3 is 5.97 Å². The van der Waals surface area contributed by atoms with E-state index in [0.717, 1.165) is 28.1 Å². The molecule has 0 unspecified atom stereocenters. The van der Waals surface area contributed by atoms with E-state index in [2.05, 4.69) is 10.4 Å². The van der Waals surface area contributed by atoms with Gasteiger partial charge in [0.2, 0.25) is 0 Å². The summed E-state index contributed by atoms with van der Waals surface area (Å²) in [6, 6.07) is 17.2. The molecule has 1 aromatic heterocycles. The minimum Gasteiger partial charge on any atom is -0.455 e. The van der Waals surface area contributed by atoms with Crippen molar-refractivity contribution in [3.05, 3.63) is 77.0 Å². The van der Waals surface area contributed by atoms with E-state index in [0.29, 0.717) is 5.82 Å². The van der Waals surface area contributed by atoms with Gasteiger partial charge in [-0.1, -0.05) is 47.5 Å². The first-order valence-electron chi connectivity index (χ1n) is 9.05. The van der Waals surface area contributed by atoms with Gasteiger partial charge in [0.15, 0.2) is 6.61 Å². The average Bonchev–Trinajstić information content (AvgIpc) is 3.02. The Bertz CT molecular complexity index is 973. The molecular formula is C22H23N3O3. The molecule has 0 bridgehead atoms. The molecular weight excluding hydrogens is 354 g/mol. The van der Waals surface area contributed by atoms with Gasteiger partial charge in [-0.3, -0.25) is 9.59 Å². The van der Waals surface area contributed by atoms with E-state index in [1.54, 1.807) is 10.7 Å². The van der Waals surface area contributed by atoms with Crippen LogP contribution in [0.3, 0.4) is 0 Å². The molecule has 0 saturated heterocycles. The Morgan fingerprint density at radius 2 is 1.57 bits per heavy atom. The second kappa shape index (κ2) is 8.52. The number of hydrogen-bond acceptors (Lipinski definition) is 4. The van der Waals surface area contributed by atoms with E-state index < -0.39 is 11.9 Å². The highest BCUT2D eigenvalue weighted by molar-refractivity contribution is 5.92. The average molecular weight is 377 g/mol. The molecule has 144 valence electrons. The second-order valence-electron chi connectivity index (χ2n) is 6.79. The number of ether oxygens (including phenoxy) is 1. The molecule has 1 amide bonds. The first kappa shape index (κ1) is 19.4. The number of nitrogens with zero attached hydrogens (tertiary/aromatic N) is 2. The summed E-state index contributed by atoms with van der Waals surface area (Å²) in [6.07, 6.45) is 0.133. The number of carbonyl (C=O) groups excluding carboxylic acids is 2. The van der Waals surface area contributed by atoms with Crippen LogP contribution in [0, 0.1) is 20.8 Å². The van der Waals surface area contributed by atoms with Crippen molar-refractivity contribution in [3.63, 3.8) is 0 Å². The Kier molecular flexibility index (Phi) is 5.89. The van der Waals surface area contributed by atoms with Crippen molar-refractivity contribution in [3.8, 4) is 5.69 Å². The highest BCUT2D eigenvalue weighted by Crippen LogP contribution is 2.17. The van der Waals surface area contributed by atoms with Crippen molar-refractivity contribution < 1.29 is 14.3 Å². The van der Waals surface area contributed by atoms with Gasteiger partial charge in [-0.05, 0) is 38.5 Å². The quantitative estimate of drug-likeness (QED) is 0.667. The van der Waals surface area contributed by atoms with E-state index in [1.807, 2.05) is 69.3 Å². The Labute approximate surface area is 164 Å². The highest BCUT2D eigenvalue weighted by Gasteiger charge is 2.13. The molecule has 6 nitrogen and oxygen atoms in total. The summed E-state index contributed by atoms with van der Waals surface area (Å²) in [7, 11) is 0. The van der Waals surface area contributed by atoms with Gasteiger partial charge in [0, 0.05) is 6.07 Å². The standard InChI is InChI=1S/C22H23N3O3/c1-15-4-8-18(9-5-15)13-22(27)28-14-21(26)23-20-12-17(3)24-25(20)19-10-6-16(2)7-11-19/h4-12H,13-14H2,1-3H3,(H,23,26). The van der Waals surface area contributed by atoms with Crippen molar-refractivity contribution in [1.82, 2.24) is 9.78 Å². The first-order valence-corrected chi connectivity index (χ1v) is 9.05. The molecule has 1 heterocycles. The Hall–Kier alpha value is -3.41. The number of anilines is 1. The van der Waals surface area contributed by atoms with Crippen LogP contribution >= 0.6 is 0 Å². The van der Waals surface area contributed by atoms with Crippen molar-refractivity contribution in [1.29, 1.82) is 0 Å². The van der Waals surface area contributed by atoms with Crippen molar-refractivity contribution >= 4 is 17.7 Å². The Morgan fingerprint density at radius 3 is 2.21 bits per heavy atom. The molecule has 3 rings (SSSR count). The van der Waals surface area contributed by atoms with Gasteiger partial charge in [0.25, 0.3) is 5.91 Å². The van der Waals surface area contributed by atoms with Gasteiger partial charge < -0.3 is 10.1 Å². The van der Waals surface area contributed by atoms with E-state index in [1.165, 1.54) is 0 Å². The maximum absolute atomic E-state index is 12.2. The van der Waals surface area contributed by atoms with Gasteiger partial charge in [-0.25, -0.2) is 4.68 Å². The number of aromatic nitrogens is 2. The van der Waals surface area contributed by atoms with Gasteiger partial charge in [0.1, 0.15) is 5.82 Å². The van der Waals surface area contributed by atoms with Crippen molar-refractivity contribution in [2.45, 2.75) is 27.2 Å². The van der Waals surface area contributed by atoms with Crippen molar-refractivity contribution in [2.24, 2.45) is 0 Å². The fourth-order valence-corrected chi connectivity index (χ4v) is 2.72. The number of hydrogen-bond donors (Lipinski definition) is 1. The molecule has 0 spiro atoms. The zero-order valence-electron chi connectivity index (χ0n) is 16.2. The molecule has 0 radical (unpaired) electrons. The van der Waals surface area contributed by atoms with Crippen LogP contribution in [-0.2, 0) is 20.7 Å². The third-order valence-electron chi connectivity index (χ3n) is 4.21. The molecule has 6 heteroatoms. The maximum atomic E-state index is 12.2. The van der Waals surface area contributed by atoms with Gasteiger partial charge in [-0.15, -0.1) is 0 Å². The number of benzene rings is 2. The molecule has 0 saturated carbocycles. The van der Waals surface area contributed by atoms with Gasteiger partial charge in [-0.2, -0.15) is 5.10 Å². The second-order valence-corrected chi connectivity index (χ2v) is 6.79. The summed E-state index contributed by atoms with van der Waals surface area (Å²) in [5.41, 5.74) is 4.72. The fourth-order valence-electron chi connectivity index (χ4n) is 2.72. The van der Waals surface area contributed by atoms with E-state index in [4.69, 9.17) is 4.74 Å². The maximum Gasteiger partial charge on any atom is 0.310 e.